The van der Waals surface area contributed by atoms with Crippen LogP contribution in [0.2, 0.25) is 5.02 Å². The van der Waals surface area contributed by atoms with E-state index in [4.69, 9.17) is 11.6 Å². The third-order valence-corrected chi connectivity index (χ3v) is 4.79. The third kappa shape index (κ3) is 2.86. The minimum atomic E-state index is -0.138. The summed E-state index contributed by atoms with van der Waals surface area (Å²) in [5.41, 5.74) is 1.15. The molecule has 1 aliphatic heterocycles. The van der Waals surface area contributed by atoms with Crippen molar-refractivity contribution in [1.29, 1.82) is 0 Å². The van der Waals surface area contributed by atoms with Crippen molar-refractivity contribution in [1.82, 2.24) is 10.2 Å². The molecule has 0 radical (unpaired) electrons. The summed E-state index contributed by atoms with van der Waals surface area (Å²) >= 11 is 6.00. The van der Waals surface area contributed by atoms with E-state index in [0.29, 0.717) is 12.0 Å². The summed E-state index contributed by atoms with van der Waals surface area (Å²) in [5, 5.41) is 13.9. The smallest absolute Gasteiger partial charge is 0.0613 e. The van der Waals surface area contributed by atoms with Crippen molar-refractivity contribution in [3.05, 3.63) is 34.9 Å². The van der Waals surface area contributed by atoms with E-state index in [9.17, 15) is 5.11 Å². The molecule has 0 spiro atoms. The van der Waals surface area contributed by atoms with Gasteiger partial charge in [-0.05, 0) is 57.1 Å². The maximum Gasteiger partial charge on any atom is 0.0613 e. The van der Waals surface area contributed by atoms with Crippen LogP contribution in [0.3, 0.4) is 0 Å². The number of halogens is 1. The molecule has 2 N–H and O–H groups in total. The summed E-state index contributed by atoms with van der Waals surface area (Å²) in [6.45, 7) is 6.42. The van der Waals surface area contributed by atoms with Crippen LogP contribution in [0.5, 0.6) is 0 Å². The van der Waals surface area contributed by atoms with E-state index in [-0.39, 0.29) is 12.1 Å². The van der Waals surface area contributed by atoms with Crippen molar-refractivity contribution in [2.24, 2.45) is 5.92 Å². The molecule has 0 saturated carbocycles. The highest BCUT2D eigenvalue weighted by molar-refractivity contribution is 6.30. The molecule has 1 aliphatic rings. The molecule has 4 heteroatoms. The van der Waals surface area contributed by atoms with Gasteiger partial charge >= 0.3 is 0 Å². The molecule has 0 unspecified atom stereocenters. The summed E-state index contributed by atoms with van der Waals surface area (Å²) in [4.78, 5) is 2.43. The summed E-state index contributed by atoms with van der Waals surface area (Å²) in [6.07, 6.45) is 1.01. The highest BCUT2D eigenvalue weighted by atomic mass is 35.5. The van der Waals surface area contributed by atoms with Crippen molar-refractivity contribution >= 4 is 11.6 Å². The molecule has 0 aliphatic carbocycles. The maximum atomic E-state index is 9.84. The predicted octanol–water partition coefficient (Wildman–Crippen LogP) is 2.69. The van der Waals surface area contributed by atoms with Crippen molar-refractivity contribution in [3.8, 4) is 0 Å². The Morgan fingerprint density at radius 3 is 2.55 bits per heavy atom. The van der Waals surface area contributed by atoms with Gasteiger partial charge in [0.1, 0.15) is 0 Å². The quantitative estimate of drug-likeness (QED) is 0.877. The molecule has 1 heterocycles. The molecule has 2 rings (SSSR count). The van der Waals surface area contributed by atoms with Gasteiger partial charge in [0.2, 0.25) is 0 Å². The van der Waals surface area contributed by atoms with Crippen molar-refractivity contribution < 1.29 is 5.11 Å². The van der Waals surface area contributed by atoms with Gasteiger partial charge in [-0.15, -0.1) is 0 Å². The molecule has 1 fully saturated rings. The lowest BCUT2D eigenvalue weighted by atomic mass is 9.90. The topological polar surface area (TPSA) is 35.5 Å². The first kappa shape index (κ1) is 15.8. The molecule has 1 saturated heterocycles. The normalized spacial score (nSPS) is 30.9. The van der Waals surface area contributed by atoms with Gasteiger partial charge in [-0.25, -0.2) is 0 Å². The number of hydrogen-bond acceptors (Lipinski definition) is 3. The number of rotatable bonds is 5. The Hall–Kier alpha value is -0.610. The summed E-state index contributed by atoms with van der Waals surface area (Å²) < 4.78 is 0. The molecule has 0 bridgehead atoms. The Morgan fingerprint density at radius 2 is 2.05 bits per heavy atom. The van der Waals surface area contributed by atoms with Gasteiger partial charge in [0.05, 0.1) is 6.61 Å². The monoisotopic (exact) mass is 296 g/mol. The fraction of sp³-hybridized carbons (Fsp3) is 0.625. The Balaban J connectivity index is 2.36. The van der Waals surface area contributed by atoms with Crippen LogP contribution >= 0.6 is 11.6 Å². The zero-order valence-corrected chi connectivity index (χ0v) is 13.3. The van der Waals surface area contributed by atoms with Gasteiger partial charge in [-0.1, -0.05) is 30.7 Å². The number of likely N-dealkylation sites (tertiary alicyclic amines) is 1. The minimum absolute atomic E-state index is 0.138. The fourth-order valence-electron chi connectivity index (χ4n) is 3.68. The summed E-state index contributed by atoms with van der Waals surface area (Å²) in [6, 6.07) is 8.47. The van der Waals surface area contributed by atoms with Gasteiger partial charge in [0.15, 0.2) is 0 Å². The van der Waals surface area contributed by atoms with Crippen LogP contribution in [-0.4, -0.2) is 42.3 Å². The molecular weight excluding hydrogens is 272 g/mol. The SMILES string of the molecule is CCN1[C@@H](c2ccc(Cl)cc2)[C@@H](CNC)C[C@@]1(C)CO. The van der Waals surface area contributed by atoms with Crippen molar-refractivity contribution in [2.45, 2.75) is 31.8 Å². The van der Waals surface area contributed by atoms with Crippen LogP contribution in [0, 0.1) is 5.92 Å². The van der Waals surface area contributed by atoms with Crippen molar-refractivity contribution in [3.63, 3.8) is 0 Å². The van der Waals surface area contributed by atoms with E-state index in [2.05, 4.69) is 36.2 Å². The number of likely N-dealkylation sites (N-methyl/N-ethyl adjacent to an activating group) is 1. The molecule has 20 heavy (non-hydrogen) atoms. The molecule has 3 nitrogen and oxygen atoms in total. The number of aliphatic hydroxyl groups excluding tert-OH is 1. The highest BCUT2D eigenvalue weighted by Gasteiger charge is 2.47. The predicted molar refractivity (Wildman–Crippen MR) is 84.1 cm³/mol. The number of hydrogen-bond donors (Lipinski definition) is 2. The Morgan fingerprint density at radius 1 is 1.40 bits per heavy atom. The van der Waals surface area contributed by atoms with Crippen LogP contribution in [-0.2, 0) is 0 Å². The van der Waals surface area contributed by atoms with Gasteiger partial charge in [-0.3, -0.25) is 4.90 Å². The number of benzene rings is 1. The van der Waals surface area contributed by atoms with Crippen molar-refractivity contribution in [2.75, 3.05) is 26.7 Å². The lowest BCUT2D eigenvalue weighted by molar-refractivity contribution is 0.0579. The molecule has 1 aromatic rings. The second-order valence-electron chi connectivity index (χ2n) is 5.96. The average Bonchev–Trinajstić information content (AvgIpc) is 2.73. The van der Waals surface area contributed by atoms with Crippen LogP contribution < -0.4 is 5.32 Å². The average molecular weight is 297 g/mol. The number of aliphatic hydroxyl groups is 1. The van der Waals surface area contributed by atoms with E-state index in [0.717, 1.165) is 24.5 Å². The fourth-order valence-corrected chi connectivity index (χ4v) is 3.80. The van der Waals surface area contributed by atoms with Crippen LogP contribution in [0.25, 0.3) is 0 Å². The van der Waals surface area contributed by atoms with Crippen LogP contribution in [0.1, 0.15) is 31.9 Å². The first-order valence-corrected chi connectivity index (χ1v) is 7.71. The second-order valence-corrected chi connectivity index (χ2v) is 6.40. The first-order valence-electron chi connectivity index (χ1n) is 7.33. The second kappa shape index (κ2) is 6.44. The number of nitrogens with zero attached hydrogens (tertiary/aromatic N) is 1. The summed E-state index contributed by atoms with van der Waals surface area (Å²) in [5.74, 6) is 0.498. The third-order valence-electron chi connectivity index (χ3n) is 4.54. The van der Waals surface area contributed by atoms with Crippen LogP contribution in [0.15, 0.2) is 24.3 Å². The van der Waals surface area contributed by atoms with E-state index in [1.54, 1.807) is 0 Å². The Labute approximate surface area is 126 Å². The van der Waals surface area contributed by atoms with Gasteiger partial charge in [0, 0.05) is 16.6 Å². The zero-order valence-electron chi connectivity index (χ0n) is 12.6. The number of nitrogens with one attached hydrogen (secondary N) is 1. The minimum Gasteiger partial charge on any atom is -0.394 e. The molecule has 112 valence electrons. The molecular formula is C16H25ClN2O. The zero-order chi connectivity index (χ0) is 14.8. The maximum absolute atomic E-state index is 9.84. The largest absolute Gasteiger partial charge is 0.394 e. The highest BCUT2D eigenvalue weighted by Crippen LogP contribution is 2.46. The van der Waals surface area contributed by atoms with E-state index < -0.39 is 0 Å². The van der Waals surface area contributed by atoms with Crippen LogP contribution in [0.4, 0.5) is 0 Å². The summed E-state index contributed by atoms with van der Waals surface area (Å²) in [7, 11) is 1.99. The Bertz CT molecular complexity index is 437. The molecule has 1 aromatic carbocycles. The standard InChI is InChI=1S/C16H25ClN2O/c1-4-19-15(12-5-7-14(17)8-6-12)13(10-18-3)9-16(19,2)11-20/h5-8,13,15,18,20H,4,9-11H2,1-3H3/t13-,15+,16+/m1/s1. The molecule has 0 aromatic heterocycles. The Kier molecular flexibility index (Phi) is 5.08. The molecule has 0 amide bonds. The lowest BCUT2D eigenvalue weighted by Crippen LogP contribution is -2.45. The van der Waals surface area contributed by atoms with E-state index >= 15 is 0 Å². The first-order chi connectivity index (χ1) is 9.55. The van der Waals surface area contributed by atoms with E-state index in [1.807, 2.05) is 19.2 Å². The molecule has 3 atom stereocenters. The van der Waals surface area contributed by atoms with Gasteiger partial charge in [0.25, 0.3) is 0 Å². The van der Waals surface area contributed by atoms with Gasteiger partial charge < -0.3 is 10.4 Å². The van der Waals surface area contributed by atoms with Gasteiger partial charge in [-0.2, -0.15) is 0 Å². The van der Waals surface area contributed by atoms with E-state index in [1.165, 1.54) is 5.56 Å². The lowest BCUT2D eigenvalue weighted by Gasteiger charge is -2.37.